The number of aliphatic hydroxyl groups excluding tert-OH is 1. The number of aromatic nitrogens is 3. The van der Waals surface area contributed by atoms with Crippen molar-refractivity contribution in [3.63, 3.8) is 0 Å². The van der Waals surface area contributed by atoms with Crippen LogP contribution >= 0.6 is 22.9 Å². The molecule has 0 aliphatic rings. The van der Waals surface area contributed by atoms with Crippen molar-refractivity contribution in [3.05, 3.63) is 41.3 Å². The standard InChI is InChI=1S/C20H23ClFN5O2S/c1-10(2)25-18-5-4-12(8-24-18)19-26-27-20(30-19)13-6-15(22)17(7-14(13)21)29-9-16(23)11(3)28/h4-8,10-11,16,28H,9,23H2,1-3H3,(H,24,25)/t11-,16-/m0/s1. The summed E-state index contributed by atoms with van der Waals surface area (Å²) in [6.07, 6.45) is 0.937. The lowest BCUT2D eigenvalue weighted by Crippen LogP contribution is -2.38. The molecule has 0 amide bonds. The zero-order valence-electron chi connectivity index (χ0n) is 16.8. The molecule has 160 valence electrons. The summed E-state index contributed by atoms with van der Waals surface area (Å²) in [6.45, 7) is 5.57. The predicted octanol–water partition coefficient (Wildman–Crippen LogP) is 3.97. The van der Waals surface area contributed by atoms with Gasteiger partial charge in [-0.05, 0) is 39.0 Å². The van der Waals surface area contributed by atoms with Gasteiger partial charge >= 0.3 is 0 Å². The summed E-state index contributed by atoms with van der Waals surface area (Å²) in [4.78, 5) is 4.36. The first kappa shape index (κ1) is 22.4. The Balaban J connectivity index is 1.78. The van der Waals surface area contributed by atoms with Gasteiger partial charge in [-0.2, -0.15) is 0 Å². The van der Waals surface area contributed by atoms with Crippen molar-refractivity contribution < 1.29 is 14.2 Å². The van der Waals surface area contributed by atoms with Crippen LogP contribution in [0, 0.1) is 5.82 Å². The van der Waals surface area contributed by atoms with Gasteiger partial charge in [0.05, 0.1) is 17.2 Å². The Morgan fingerprint density at radius 1 is 1.23 bits per heavy atom. The summed E-state index contributed by atoms with van der Waals surface area (Å²) in [7, 11) is 0. The third kappa shape index (κ3) is 5.42. The van der Waals surface area contributed by atoms with Gasteiger partial charge in [-0.15, -0.1) is 10.2 Å². The minimum Gasteiger partial charge on any atom is -0.489 e. The molecule has 0 spiro atoms. The van der Waals surface area contributed by atoms with E-state index in [9.17, 15) is 9.50 Å². The first-order chi connectivity index (χ1) is 14.2. The fraction of sp³-hybridized carbons (Fsp3) is 0.350. The van der Waals surface area contributed by atoms with Crippen LogP contribution < -0.4 is 15.8 Å². The molecule has 30 heavy (non-hydrogen) atoms. The number of pyridine rings is 1. The molecule has 0 bridgehead atoms. The number of hydrogen-bond acceptors (Lipinski definition) is 8. The molecule has 10 heteroatoms. The second-order valence-corrected chi connectivity index (χ2v) is 8.51. The number of anilines is 1. The molecule has 3 aromatic rings. The summed E-state index contributed by atoms with van der Waals surface area (Å²) in [5.41, 5.74) is 6.92. The normalized spacial score (nSPS) is 13.3. The fourth-order valence-corrected chi connectivity index (χ4v) is 3.64. The summed E-state index contributed by atoms with van der Waals surface area (Å²) < 4.78 is 19.9. The van der Waals surface area contributed by atoms with Gasteiger partial charge in [-0.25, -0.2) is 9.37 Å². The Morgan fingerprint density at radius 2 is 1.97 bits per heavy atom. The van der Waals surface area contributed by atoms with E-state index in [-0.39, 0.29) is 23.4 Å². The number of nitrogens with two attached hydrogens (primary N) is 1. The molecule has 0 radical (unpaired) electrons. The van der Waals surface area contributed by atoms with Crippen LogP contribution in [0.4, 0.5) is 10.2 Å². The highest BCUT2D eigenvalue weighted by molar-refractivity contribution is 7.18. The minimum atomic E-state index is -0.771. The minimum absolute atomic E-state index is 0.0398. The number of halogens is 2. The molecule has 2 heterocycles. The fourth-order valence-electron chi connectivity index (χ4n) is 2.48. The molecule has 3 rings (SSSR count). The van der Waals surface area contributed by atoms with E-state index in [4.69, 9.17) is 22.1 Å². The maximum atomic E-state index is 14.5. The highest BCUT2D eigenvalue weighted by atomic mass is 35.5. The van der Waals surface area contributed by atoms with E-state index in [1.54, 1.807) is 6.20 Å². The van der Waals surface area contributed by atoms with Gasteiger partial charge in [-0.1, -0.05) is 22.9 Å². The number of benzene rings is 1. The highest BCUT2D eigenvalue weighted by Gasteiger charge is 2.17. The van der Waals surface area contributed by atoms with Crippen LogP contribution in [0.25, 0.3) is 21.1 Å². The Bertz CT molecular complexity index is 997. The van der Waals surface area contributed by atoms with E-state index in [1.165, 1.54) is 30.4 Å². The van der Waals surface area contributed by atoms with Gasteiger partial charge < -0.3 is 20.9 Å². The molecule has 0 fully saturated rings. The van der Waals surface area contributed by atoms with Crippen molar-refractivity contribution in [2.24, 2.45) is 5.73 Å². The highest BCUT2D eigenvalue weighted by Crippen LogP contribution is 2.37. The zero-order valence-corrected chi connectivity index (χ0v) is 18.3. The average molecular weight is 452 g/mol. The van der Waals surface area contributed by atoms with Crippen LogP contribution in [0.1, 0.15) is 20.8 Å². The van der Waals surface area contributed by atoms with E-state index in [1.807, 2.05) is 26.0 Å². The van der Waals surface area contributed by atoms with Crippen LogP contribution in [0.2, 0.25) is 5.02 Å². The molecule has 0 saturated heterocycles. The van der Waals surface area contributed by atoms with Crippen LogP contribution in [-0.4, -0.2) is 45.1 Å². The lowest BCUT2D eigenvalue weighted by molar-refractivity contribution is 0.129. The molecule has 0 unspecified atom stereocenters. The maximum absolute atomic E-state index is 14.5. The third-order valence-electron chi connectivity index (χ3n) is 4.17. The van der Waals surface area contributed by atoms with Gasteiger partial charge in [0.2, 0.25) is 0 Å². The van der Waals surface area contributed by atoms with Crippen LogP contribution in [0.5, 0.6) is 5.75 Å². The van der Waals surface area contributed by atoms with E-state index in [2.05, 4.69) is 20.5 Å². The van der Waals surface area contributed by atoms with E-state index < -0.39 is 18.0 Å². The Labute approximate surface area is 183 Å². The third-order valence-corrected chi connectivity index (χ3v) is 5.49. The first-order valence-electron chi connectivity index (χ1n) is 9.37. The van der Waals surface area contributed by atoms with Crippen LogP contribution in [0.15, 0.2) is 30.5 Å². The van der Waals surface area contributed by atoms with E-state index >= 15 is 0 Å². The smallest absolute Gasteiger partial charge is 0.165 e. The van der Waals surface area contributed by atoms with E-state index in [0.29, 0.717) is 15.6 Å². The van der Waals surface area contributed by atoms with Gasteiger partial charge in [0, 0.05) is 29.4 Å². The number of aliphatic hydroxyl groups is 1. The maximum Gasteiger partial charge on any atom is 0.165 e. The van der Waals surface area contributed by atoms with Crippen molar-refractivity contribution in [2.75, 3.05) is 11.9 Å². The van der Waals surface area contributed by atoms with Crippen molar-refractivity contribution in [1.82, 2.24) is 15.2 Å². The molecule has 7 nitrogen and oxygen atoms in total. The number of ether oxygens (including phenoxy) is 1. The SMILES string of the molecule is CC(C)Nc1ccc(-c2nnc(-c3cc(F)c(OC[C@H](N)[C@H](C)O)cc3Cl)s2)cn1. The molecule has 1 aromatic carbocycles. The number of hydrogen-bond donors (Lipinski definition) is 3. The van der Waals surface area contributed by atoms with Gasteiger partial charge in [0.25, 0.3) is 0 Å². The molecule has 2 atom stereocenters. The lowest BCUT2D eigenvalue weighted by atomic mass is 10.2. The first-order valence-corrected chi connectivity index (χ1v) is 10.6. The molecule has 0 aliphatic heterocycles. The number of nitrogens with one attached hydrogen (secondary N) is 1. The number of nitrogens with zero attached hydrogens (tertiary/aromatic N) is 3. The van der Waals surface area contributed by atoms with Crippen molar-refractivity contribution in [1.29, 1.82) is 0 Å². The molecular formula is C20H23ClFN5O2S. The lowest BCUT2D eigenvalue weighted by Gasteiger charge is -2.16. The topological polar surface area (TPSA) is 106 Å². The Morgan fingerprint density at radius 3 is 2.60 bits per heavy atom. The quantitative estimate of drug-likeness (QED) is 0.475. The van der Waals surface area contributed by atoms with Crippen LogP contribution in [0.3, 0.4) is 0 Å². The number of rotatable bonds is 8. The van der Waals surface area contributed by atoms with Gasteiger partial charge in [0.15, 0.2) is 11.6 Å². The summed E-state index contributed by atoms with van der Waals surface area (Å²) >= 11 is 7.61. The average Bonchev–Trinajstić information content (AvgIpc) is 3.18. The van der Waals surface area contributed by atoms with Gasteiger partial charge in [0.1, 0.15) is 22.4 Å². The summed E-state index contributed by atoms with van der Waals surface area (Å²) in [5.74, 6) is 0.131. The van der Waals surface area contributed by atoms with Crippen molar-refractivity contribution in [3.8, 4) is 26.9 Å². The Hall–Kier alpha value is -2.33. The van der Waals surface area contributed by atoms with Gasteiger partial charge in [-0.3, -0.25) is 0 Å². The monoisotopic (exact) mass is 451 g/mol. The zero-order chi connectivity index (χ0) is 21.8. The predicted molar refractivity (Wildman–Crippen MR) is 117 cm³/mol. The molecule has 0 saturated carbocycles. The molecule has 2 aromatic heterocycles. The Kier molecular flexibility index (Phi) is 7.19. The summed E-state index contributed by atoms with van der Waals surface area (Å²) in [5, 5.41) is 22.4. The largest absolute Gasteiger partial charge is 0.489 e. The molecule has 0 aliphatic carbocycles. The van der Waals surface area contributed by atoms with Crippen molar-refractivity contribution in [2.45, 2.75) is 39.0 Å². The molecular weight excluding hydrogens is 429 g/mol. The second kappa shape index (κ2) is 9.65. The summed E-state index contributed by atoms with van der Waals surface area (Å²) in [6, 6.07) is 6.03. The second-order valence-electron chi connectivity index (χ2n) is 7.12. The van der Waals surface area contributed by atoms with Crippen LogP contribution in [-0.2, 0) is 0 Å². The van der Waals surface area contributed by atoms with E-state index in [0.717, 1.165) is 11.4 Å². The van der Waals surface area contributed by atoms with Crippen molar-refractivity contribution >= 4 is 28.8 Å². The molecule has 4 N–H and O–H groups in total.